The quantitative estimate of drug-likeness (QED) is 0.528. The van der Waals surface area contributed by atoms with Crippen LogP contribution in [0.1, 0.15) is 12.6 Å². The third kappa shape index (κ3) is 2.85. The van der Waals surface area contributed by atoms with Gasteiger partial charge < -0.3 is 5.11 Å². The number of aromatic nitrogens is 1. The Kier molecular flexibility index (Phi) is 4.01. The molecule has 1 N–H and O–H groups in total. The lowest BCUT2D eigenvalue weighted by Gasteiger charge is -2.11. The normalized spacial score (nSPS) is 12.6. The van der Waals surface area contributed by atoms with Crippen LogP contribution in [0.2, 0.25) is 0 Å². The molecule has 5 nitrogen and oxygen atoms in total. The van der Waals surface area contributed by atoms with Crippen molar-refractivity contribution in [2.75, 3.05) is 6.61 Å². The molecule has 0 bridgehead atoms. The molecule has 2 rings (SSSR count). The zero-order chi connectivity index (χ0) is 14.0. The molecule has 1 aromatic heterocycles. The van der Waals surface area contributed by atoms with E-state index in [1.807, 2.05) is 19.9 Å². The molecular formula is C13H14N2O3S. The number of aliphatic hydroxyl groups excluding tert-OH is 1. The highest BCUT2D eigenvalue weighted by Crippen LogP contribution is 2.35. The van der Waals surface area contributed by atoms with Crippen molar-refractivity contribution in [1.29, 1.82) is 0 Å². The minimum absolute atomic E-state index is 0.0399. The molecule has 1 aromatic carbocycles. The Morgan fingerprint density at radius 2 is 2.21 bits per heavy atom. The summed E-state index contributed by atoms with van der Waals surface area (Å²) in [5.41, 5.74) is 0.870. The summed E-state index contributed by atoms with van der Waals surface area (Å²) >= 11 is 1.50. The number of non-ortho nitro benzene ring substituents is 1. The molecule has 100 valence electrons. The van der Waals surface area contributed by atoms with E-state index in [2.05, 4.69) is 4.98 Å². The molecule has 0 radical (unpaired) electrons. The number of pyridine rings is 1. The fourth-order valence-electron chi connectivity index (χ4n) is 1.82. The van der Waals surface area contributed by atoms with E-state index < -0.39 is 4.92 Å². The highest BCUT2D eigenvalue weighted by Gasteiger charge is 2.16. The number of hydrogen-bond donors (Lipinski definition) is 1. The smallest absolute Gasteiger partial charge is 0.278 e. The van der Waals surface area contributed by atoms with Gasteiger partial charge in [-0.15, -0.1) is 11.8 Å². The number of fused-ring (bicyclic) bond motifs is 1. The maximum atomic E-state index is 11.0. The van der Waals surface area contributed by atoms with E-state index in [-0.39, 0.29) is 17.5 Å². The van der Waals surface area contributed by atoms with Gasteiger partial charge in [-0.1, -0.05) is 6.92 Å². The molecule has 19 heavy (non-hydrogen) atoms. The van der Waals surface area contributed by atoms with Crippen molar-refractivity contribution in [3.8, 4) is 0 Å². The number of nitrogens with zero attached hydrogens (tertiary/aromatic N) is 2. The second-order valence-corrected chi connectivity index (χ2v) is 5.80. The van der Waals surface area contributed by atoms with Gasteiger partial charge in [-0.3, -0.25) is 15.1 Å². The summed E-state index contributed by atoms with van der Waals surface area (Å²) < 4.78 is 0. The van der Waals surface area contributed by atoms with E-state index in [0.717, 1.165) is 16.0 Å². The minimum Gasteiger partial charge on any atom is -0.395 e. The standard InChI is InChI=1S/C13H14N2O3S/c1-8-5-10-11(6-14-8)12(15(17)18)3-4-13(10)19-9(2)7-16/h3-6,9,16H,7H2,1-2H3. The maximum absolute atomic E-state index is 11.0. The van der Waals surface area contributed by atoms with E-state index >= 15 is 0 Å². The molecule has 0 spiro atoms. The Morgan fingerprint density at radius 3 is 2.84 bits per heavy atom. The molecule has 2 aromatic rings. The van der Waals surface area contributed by atoms with Gasteiger partial charge in [-0.2, -0.15) is 0 Å². The van der Waals surface area contributed by atoms with Crippen molar-refractivity contribution in [1.82, 2.24) is 4.98 Å². The second kappa shape index (κ2) is 5.54. The molecule has 0 saturated heterocycles. The van der Waals surface area contributed by atoms with Gasteiger partial charge in [0.1, 0.15) is 0 Å². The van der Waals surface area contributed by atoms with E-state index in [4.69, 9.17) is 5.11 Å². The third-order valence-electron chi connectivity index (χ3n) is 2.76. The van der Waals surface area contributed by atoms with Crippen LogP contribution in [0.4, 0.5) is 5.69 Å². The number of nitro groups is 1. The summed E-state index contributed by atoms with van der Waals surface area (Å²) in [6, 6.07) is 5.07. The van der Waals surface area contributed by atoms with E-state index in [1.54, 1.807) is 6.07 Å². The van der Waals surface area contributed by atoms with Gasteiger partial charge in [0.2, 0.25) is 0 Å². The van der Waals surface area contributed by atoms with Crippen LogP contribution >= 0.6 is 11.8 Å². The predicted molar refractivity (Wildman–Crippen MR) is 75.5 cm³/mol. The van der Waals surface area contributed by atoms with Crippen molar-refractivity contribution in [3.05, 3.63) is 40.2 Å². The molecule has 0 fully saturated rings. The van der Waals surface area contributed by atoms with Crippen molar-refractivity contribution >= 4 is 28.2 Å². The van der Waals surface area contributed by atoms with Crippen LogP contribution in [0.25, 0.3) is 10.8 Å². The molecule has 1 heterocycles. The number of rotatable bonds is 4. The first kappa shape index (κ1) is 13.8. The summed E-state index contributed by atoms with van der Waals surface area (Å²) in [6.07, 6.45) is 1.54. The first-order valence-electron chi connectivity index (χ1n) is 5.84. The molecule has 0 aliphatic rings. The molecule has 0 aliphatic heterocycles. The van der Waals surface area contributed by atoms with Gasteiger partial charge in [0.05, 0.1) is 16.9 Å². The van der Waals surface area contributed by atoms with Crippen LogP contribution in [-0.4, -0.2) is 26.9 Å². The molecule has 0 saturated carbocycles. The van der Waals surface area contributed by atoms with Crippen molar-refractivity contribution < 1.29 is 10.0 Å². The van der Waals surface area contributed by atoms with Crippen LogP contribution < -0.4 is 0 Å². The van der Waals surface area contributed by atoms with E-state index in [1.165, 1.54) is 24.0 Å². The van der Waals surface area contributed by atoms with Crippen molar-refractivity contribution in [2.45, 2.75) is 24.0 Å². The first-order chi connectivity index (χ1) is 9.02. The average molecular weight is 278 g/mol. The third-order valence-corrected chi connectivity index (χ3v) is 3.92. The topological polar surface area (TPSA) is 76.3 Å². The molecular weight excluding hydrogens is 264 g/mol. The van der Waals surface area contributed by atoms with Crippen LogP contribution in [0, 0.1) is 17.0 Å². The second-order valence-electron chi connectivity index (χ2n) is 4.32. The zero-order valence-electron chi connectivity index (χ0n) is 10.7. The number of aryl methyl sites for hydroxylation is 1. The van der Waals surface area contributed by atoms with Crippen LogP contribution in [0.3, 0.4) is 0 Å². The largest absolute Gasteiger partial charge is 0.395 e. The number of benzene rings is 1. The van der Waals surface area contributed by atoms with Gasteiger partial charge in [-0.25, -0.2) is 0 Å². The highest BCUT2D eigenvalue weighted by molar-refractivity contribution is 8.00. The van der Waals surface area contributed by atoms with Crippen molar-refractivity contribution in [2.24, 2.45) is 0 Å². The van der Waals surface area contributed by atoms with Crippen LogP contribution in [0.15, 0.2) is 29.3 Å². The number of nitro benzene ring substituents is 1. The Morgan fingerprint density at radius 1 is 1.47 bits per heavy atom. The average Bonchev–Trinajstić information content (AvgIpc) is 2.38. The van der Waals surface area contributed by atoms with Crippen LogP contribution in [0.5, 0.6) is 0 Å². The Hall–Kier alpha value is -1.66. The van der Waals surface area contributed by atoms with Gasteiger partial charge >= 0.3 is 0 Å². The van der Waals surface area contributed by atoms with Gasteiger partial charge in [0.15, 0.2) is 0 Å². The molecule has 0 amide bonds. The summed E-state index contributed by atoms with van der Waals surface area (Å²) in [5, 5.41) is 21.5. The van der Waals surface area contributed by atoms with E-state index in [0.29, 0.717) is 5.39 Å². The van der Waals surface area contributed by atoms with E-state index in [9.17, 15) is 10.1 Å². The van der Waals surface area contributed by atoms with Crippen molar-refractivity contribution in [3.63, 3.8) is 0 Å². The summed E-state index contributed by atoms with van der Waals surface area (Å²) in [4.78, 5) is 15.7. The Balaban J connectivity index is 2.63. The lowest BCUT2D eigenvalue weighted by Crippen LogP contribution is -2.02. The predicted octanol–water partition coefficient (Wildman–Crippen LogP) is 2.92. The fraction of sp³-hybridized carbons (Fsp3) is 0.308. The number of thioether (sulfide) groups is 1. The summed E-state index contributed by atoms with van der Waals surface area (Å²) in [5.74, 6) is 0. The van der Waals surface area contributed by atoms with Crippen LogP contribution in [-0.2, 0) is 0 Å². The Bertz CT molecular complexity index is 631. The first-order valence-corrected chi connectivity index (χ1v) is 6.72. The van der Waals surface area contributed by atoms with Gasteiger partial charge in [0, 0.05) is 33.5 Å². The molecule has 1 unspecified atom stereocenters. The summed E-state index contributed by atoms with van der Waals surface area (Å²) in [6.45, 7) is 3.82. The highest BCUT2D eigenvalue weighted by atomic mass is 32.2. The molecule has 0 aliphatic carbocycles. The summed E-state index contributed by atoms with van der Waals surface area (Å²) in [7, 11) is 0. The minimum atomic E-state index is -0.400. The van der Waals surface area contributed by atoms with Gasteiger partial charge in [0.25, 0.3) is 5.69 Å². The number of hydrogen-bond acceptors (Lipinski definition) is 5. The van der Waals surface area contributed by atoms with Gasteiger partial charge in [-0.05, 0) is 19.1 Å². The maximum Gasteiger partial charge on any atom is 0.278 e. The zero-order valence-corrected chi connectivity index (χ0v) is 11.5. The monoisotopic (exact) mass is 278 g/mol. The molecule has 6 heteroatoms. The Labute approximate surface area is 114 Å². The number of aliphatic hydroxyl groups is 1. The molecule has 1 atom stereocenters. The lowest BCUT2D eigenvalue weighted by atomic mass is 10.1. The SMILES string of the molecule is Cc1cc2c(SC(C)CO)ccc([N+](=O)[O-])c2cn1. The fourth-order valence-corrected chi connectivity index (χ4v) is 2.77. The lowest BCUT2D eigenvalue weighted by molar-refractivity contribution is -0.383.